The van der Waals surface area contributed by atoms with Crippen LogP contribution < -0.4 is 31.8 Å². The summed E-state index contributed by atoms with van der Waals surface area (Å²) in [6.07, 6.45) is 0. The molecule has 3 aromatic rings. The fourth-order valence-corrected chi connectivity index (χ4v) is 4.13. The first-order valence-electron chi connectivity index (χ1n) is 9.19. The topological polar surface area (TPSA) is 152 Å². The van der Waals surface area contributed by atoms with Gasteiger partial charge in [0.1, 0.15) is 11.6 Å². The molecule has 4 heterocycles. The quantitative estimate of drug-likeness (QED) is 0.365. The number of nitrogens with zero attached hydrogens (tertiary/aromatic N) is 1. The molecule has 0 saturated carbocycles. The van der Waals surface area contributed by atoms with Crippen molar-refractivity contribution >= 4 is 23.1 Å². The molecular formula is C20H17N5O5. The molecule has 5 rings (SSSR count). The highest BCUT2D eigenvalue weighted by Gasteiger charge is 2.36. The number of carbonyl (C=O) groups is 1. The first-order valence-corrected chi connectivity index (χ1v) is 9.19. The third-order valence-electron chi connectivity index (χ3n) is 5.34. The van der Waals surface area contributed by atoms with E-state index in [1.165, 1.54) is 6.92 Å². The zero-order valence-corrected chi connectivity index (χ0v) is 16.1. The lowest BCUT2D eigenvalue weighted by molar-refractivity contribution is 0.101. The molecular weight excluding hydrogens is 390 g/mol. The van der Waals surface area contributed by atoms with E-state index in [-0.39, 0.29) is 29.6 Å². The second kappa shape index (κ2) is 6.21. The minimum atomic E-state index is -0.697. The van der Waals surface area contributed by atoms with Gasteiger partial charge in [0.15, 0.2) is 17.3 Å². The van der Waals surface area contributed by atoms with Crippen LogP contribution in [0.1, 0.15) is 45.6 Å². The van der Waals surface area contributed by atoms with Crippen LogP contribution >= 0.6 is 0 Å². The number of nitrogen functional groups attached to an aromatic ring is 1. The van der Waals surface area contributed by atoms with Crippen LogP contribution in [0.4, 0.5) is 17.3 Å². The molecule has 152 valence electrons. The van der Waals surface area contributed by atoms with E-state index < -0.39 is 17.2 Å². The number of pyridine rings is 1. The largest absolute Gasteiger partial charge is 0.454 e. The van der Waals surface area contributed by atoms with E-state index >= 15 is 0 Å². The van der Waals surface area contributed by atoms with Crippen LogP contribution in [0.5, 0.6) is 11.5 Å². The fourth-order valence-electron chi connectivity index (χ4n) is 4.13. The van der Waals surface area contributed by atoms with Gasteiger partial charge in [0.25, 0.3) is 5.56 Å². The van der Waals surface area contributed by atoms with Crippen LogP contribution in [0, 0.1) is 6.92 Å². The van der Waals surface area contributed by atoms with Gasteiger partial charge >= 0.3 is 5.69 Å². The van der Waals surface area contributed by atoms with Crippen LogP contribution in [0.2, 0.25) is 0 Å². The average Bonchev–Trinajstić information content (AvgIpc) is 3.13. The van der Waals surface area contributed by atoms with Crippen LogP contribution in [0.3, 0.4) is 0 Å². The van der Waals surface area contributed by atoms with E-state index in [0.29, 0.717) is 39.7 Å². The highest BCUT2D eigenvalue weighted by Crippen LogP contribution is 2.47. The lowest BCUT2D eigenvalue weighted by Crippen LogP contribution is -2.33. The maximum atomic E-state index is 12.8. The van der Waals surface area contributed by atoms with Crippen molar-refractivity contribution in [3.63, 3.8) is 0 Å². The van der Waals surface area contributed by atoms with Crippen molar-refractivity contribution in [2.24, 2.45) is 0 Å². The van der Waals surface area contributed by atoms with Gasteiger partial charge in [-0.3, -0.25) is 19.6 Å². The van der Waals surface area contributed by atoms with Gasteiger partial charge in [0, 0.05) is 11.5 Å². The molecule has 1 atom stereocenters. The van der Waals surface area contributed by atoms with Crippen LogP contribution in [-0.2, 0) is 0 Å². The predicted octanol–water partition coefficient (Wildman–Crippen LogP) is 1.52. The molecule has 5 N–H and O–H groups in total. The summed E-state index contributed by atoms with van der Waals surface area (Å²) >= 11 is 0. The molecule has 2 aromatic heterocycles. The second-order valence-corrected chi connectivity index (χ2v) is 7.17. The highest BCUT2D eigenvalue weighted by atomic mass is 16.7. The molecule has 1 unspecified atom stereocenters. The fraction of sp³-hybridized carbons (Fsp3) is 0.200. The number of aromatic amines is 2. The van der Waals surface area contributed by atoms with E-state index in [0.717, 1.165) is 0 Å². The van der Waals surface area contributed by atoms with Gasteiger partial charge in [0.2, 0.25) is 6.79 Å². The molecule has 0 fully saturated rings. The van der Waals surface area contributed by atoms with Gasteiger partial charge in [-0.25, -0.2) is 9.78 Å². The molecule has 0 radical (unpaired) electrons. The zero-order chi connectivity index (χ0) is 21.2. The molecule has 1 aromatic carbocycles. The summed E-state index contributed by atoms with van der Waals surface area (Å²) in [6, 6.07) is 5.28. The monoisotopic (exact) mass is 407 g/mol. The van der Waals surface area contributed by atoms with Gasteiger partial charge < -0.3 is 20.5 Å². The maximum absolute atomic E-state index is 12.8. The van der Waals surface area contributed by atoms with E-state index in [1.807, 2.05) is 0 Å². The Kier molecular flexibility index (Phi) is 3.72. The Labute approximate surface area is 169 Å². The smallest absolute Gasteiger partial charge is 0.327 e. The number of aromatic nitrogens is 3. The highest BCUT2D eigenvalue weighted by molar-refractivity contribution is 6.02. The second-order valence-electron chi connectivity index (χ2n) is 7.17. The van der Waals surface area contributed by atoms with Gasteiger partial charge in [-0.05, 0) is 31.5 Å². The molecule has 10 heteroatoms. The van der Waals surface area contributed by atoms with Crippen LogP contribution in [0.25, 0.3) is 0 Å². The third kappa shape index (κ3) is 2.50. The van der Waals surface area contributed by atoms with Crippen molar-refractivity contribution in [3.8, 4) is 11.5 Å². The normalized spacial score (nSPS) is 15.9. The van der Waals surface area contributed by atoms with Gasteiger partial charge in [0.05, 0.1) is 22.5 Å². The SMILES string of the molecule is CC(=O)c1c(C)nc2c(c1N)C(c1ccc3c(c1)OCO3)c1c([nH]c(=O)[nH]c1=O)N2. The average molecular weight is 407 g/mol. The Morgan fingerprint density at radius 2 is 1.93 bits per heavy atom. The minimum Gasteiger partial charge on any atom is -0.454 e. The Bertz CT molecular complexity index is 1360. The van der Waals surface area contributed by atoms with Crippen molar-refractivity contribution in [2.45, 2.75) is 19.8 Å². The van der Waals surface area contributed by atoms with Crippen molar-refractivity contribution in [3.05, 3.63) is 67.0 Å². The Hall–Kier alpha value is -4.08. The molecule has 0 saturated heterocycles. The summed E-state index contributed by atoms with van der Waals surface area (Å²) in [5, 5.41) is 2.99. The Morgan fingerprint density at radius 3 is 2.70 bits per heavy atom. The molecule has 30 heavy (non-hydrogen) atoms. The van der Waals surface area contributed by atoms with E-state index in [1.54, 1.807) is 25.1 Å². The number of rotatable bonds is 2. The molecule has 2 aliphatic heterocycles. The van der Waals surface area contributed by atoms with Crippen molar-refractivity contribution in [2.75, 3.05) is 17.8 Å². The standard InChI is InChI=1S/C20H17N5O5/c1-7-12(8(2)26)16(21)14-13(9-3-4-10-11(5-9)30-6-29-10)15-18(23-17(14)22-7)24-20(28)25-19(15)27/h3-5,13H,6H2,1-2H3,(H5,21,22,23,24,25,27,28). The van der Waals surface area contributed by atoms with Crippen LogP contribution in [0.15, 0.2) is 27.8 Å². The number of nitrogens with one attached hydrogen (secondary N) is 3. The zero-order valence-electron chi connectivity index (χ0n) is 16.1. The summed E-state index contributed by atoms with van der Waals surface area (Å²) in [6.45, 7) is 3.20. The Morgan fingerprint density at radius 1 is 1.17 bits per heavy atom. The summed E-state index contributed by atoms with van der Waals surface area (Å²) in [4.78, 5) is 46.3. The molecule has 0 bridgehead atoms. The minimum absolute atomic E-state index is 0.101. The lowest BCUT2D eigenvalue weighted by atomic mass is 9.81. The van der Waals surface area contributed by atoms with Crippen LogP contribution in [-0.4, -0.2) is 27.5 Å². The summed E-state index contributed by atoms with van der Waals surface area (Å²) < 4.78 is 10.9. The number of nitrogens with two attached hydrogens (primary N) is 1. The van der Waals surface area contributed by atoms with Crippen molar-refractivity contribution in [1.29, 1.82) is 0 Å². The number of anilines is 3. The van der Waals surface area contributed by atoms with Crippen molar-refractivity contribution in [1.82, 2.24) is 15.0 Å². The summed E-state index contributed by atoms with van der Waals surface area (Å²) in [5.74, 6) is 0.777. The first-order chi connectivity index (χ1) is 14.3. The first kappa shape index (κ1) is 18.0. The number of hydrogen-bond donors (Lipinski definition) is 4. The van der Waals surface area contributed by atoms with E-state index in [4.69, 9.17) is 15.2 Å². The van der Waals surface area contributed by atoms with E-state index in [2.05, 4.69) is 20.3 Å². The van der Waals surface area contributed by atoms with E-state index in [9.17, 15) is 14.4 Å². The number of ether oxygens (including phenoxy) is 2. The van der Waals surface area contributed by atoms with Gasteiger partial charge in [-0.2, -0.15) is 0 Å². The number of ketones is 1. The number of H-pyrrole nitrogens is 2. The number of fused-ring (bicyclic) bond motifs is 3. The molecule has 0 aliphatic carbocycles. The molecule has 0 spiro atoms. The number of carbonyl (C=O) groups excluding carboxylic acids is 1. The summed E-state index contributed by atoms with van der Waals surface area (Å²) in [7, 11) is 0. The number of benzene rings is 1. The molecule has 2 aliphatic rings. The maximum Gasteiger partial charge on any atom is 0.327 e. The number of hydrogen-bond acceptors (Lipinski definition) is 8. The third-order valence-corrected chi connectivity index (χ3v) is 5.34. The summed E-state index contributed by atoms with van der Waals surface area (Å²) in [5.41, 5.74) is 7.62. The number of aryl methyl sites for hydroxylation is 1. The lowest BCUT2D eigenvalue weighted by Gasteiger charge is -2.30. The number of Topliss-reactive ketones (excluding diaryl/α,β-unsaturated/α-hetero) is 1. The molecule has 0 amide bonds. The van der Waals surface area contributed by atoms with Crippen molar-refractivity contribution < 1.29 is 14.3 Å². The Balaban J connectivity index is 1.85. The van der Waals surface area contributed by atoms with Gasteiger partial charge in [-0.1, -0.05) is 6.07 Å². The predicted molar refractivity (Wildman–Crippen MR) is 108 cm³/mol. The van der Waals surface area contributed by atoms with Gasteiger partial charge in [-0.15, -0.1) is 0 Å². The molecule has 10 nitrogen and oxygen atoms in total.